The van der Waals surface area contributed by atoms with Crippen LogP contribution in [0.25, 0.3) is 0 Å². The van der Waals surface area contributed by atoms with Gasteiger partial charge in [0.05, 0.1) is 12.7 Å². The lowest BCUT2D eigenvalue weighted by molar-refractivity contribution is 0.353. The minimum Gasteiger partial charge on any atom is -0.518 e. The molecule has 1 aromatic rings. The van der Waals surface area contributed by atoms with Gasteiger partial charge in [0.15, 0.2) is 5.75 Å². The molecule has 1 aromatic heterocycles. The first-order chi connectivity index (χ1) is 8.77. The van der Waals surface area contributed by atoms with Gasteiger partial charge in [-0.05, 0) is 23.5 Å². The van der Waals surface area contributed by atoms with Crippen molar-refractivity contribution in [3.8, 4) is 11.7 Å². The lowest BCUT2D eigenvalue weighted by atomic mass is 10.3. The van der Waals surface area contributed by atoms with Crippen molar-refractivity contribution in [1.82, 2.24) is 0 Å². The van der Waals surface area contributed by atoms with Gasteiger partial charge >= 0.3 is 0 Å². The van der Waals surface area contributed by atoms with E-state index in [1.807, 2.05) is 6.92 Å². The topological polar surface area (TPSA) is 31.6 Å². The molecule has 0 N–H and O–H groups in total. The molecule has 3 nitrogen and oxygen atoms in total. The Labute approximate surface area is 118 Å². The molecular weight excluding hydrogens is 256 g/mol. The Kier molecular flexibility index (Phi) is 5.13. The molecule has 0 bridgehead atoms. The number of hydrogen-bond donors (Lipinski definition) is 0. The van der Waals surface area contributed by atoms with E-state index in [2.05, 4.69) is 41.5 Å². The Bertz CT molecular complexity index is 386. The summed E-state index contributed by atoms with van der Waals surface area (Å²) in [7, 11) is -0.296. The second-order valence-electron chi connectivity index (χ2n) is 6.14. The molecule has 0 spiro atoms. The maximum Gasteiger partial charge on any atom is 0.277 e. The van der Waals surface area contributed by atoms with Crippen molar-refractivity contribution < 1.29 is 13.6 Å². The zero-order chi connectivity index (χ0) is 14.8. The third-order valence-corrected chi connectivity index (χ3v) is 10.1. The van der Waals surface area contributed by atoms with Crippen LogP contribution in [0, 0.1) is 6.92 Å². The highest BCUT2D eigenvalue weighted by atomic mass is 28.4. The van der Waals surface area contributed by atoms with Crippen LogP contribution in [-0.2, 0) is 0 Å². The van der Waals surface area contributed by atoms with Crippen LogP contribution in [-0.4, -0.2) is 15.4 Å². The lowest BCUT2D eigenvalue weighted by Gasteiger charge is -2.41. The Morgan fingerprint density at radius 3 is 1.79 bits per heavy atom. The van der Waals surface area contributed by atoms with Crippen LogP contribution in [0.15, 0.2) is 10.7 Å². The highest BCUT2D eigenvalue weighted by Gasteiger charge is 2.48. The summed E-state index contributed by atoms with van der Waals surface area (Å²) < 4.78 is 17.3. The van der Waals surface area contributed by atoms with E-state index in [0.29, 0.717) is 22.6 Å². The summed E-state index contributed by atoms with van der Waals surface area (Å²) in [6.45, 7) is 15.6. The Balaban J connectivity index is 3.17. The fourth-order valence-electron chi connectivity index (χ4n) is 3.20. The number of hydrogen-bond acceptors (Lipinski definition) is 3. The van der Waals surface area contributed by atoms with Crippen molar-refractivity contribution in [2.45, 2.75) is 65.1 Å². The summed E-state index contributed by atoms with van der Waals surface area (Å²) in [6.07, 6.45) is 1.63. The van der Waals surface area contributed by atoms with Gasteiger partial charge in [0.2, 0.25) is 0 Å². The molecule has 0 fully saturated rings. The Morgan fingerprint density at radius 1 is 1.00 bits per heavy atom. The van der Waals surface area contributed by atoms with Gasteiger partial charge in [-0.3, -0.25) is 0 Å². The molecule has 0 saturated carbocycles. The molecule has 0 aliphatic carbocycles. The zero-order valence-corrected chi connectivity index (χ0v) is 14.5. The van der Waals surface area contributed by atoms with Crippen LogP contribution < -0.4 is 9.16 Å². The van der Waals surface area contributed by atoms with Crippen LogP contribution in [0.4, 0.5) is 0 Å². The van der Waals surface area contributed by atoms with Gasteiger partial charge in [0.25, 0.3) is 14.3 Å². The Morgan fingerprint density at radius 2 is 1.47 bits per heavy atom. The molecule has 0 aromatic carbocycles. The van der Waals surface area contributed by atoms with E-state index in [1.54, 1.807) is 13.4 Å². The number of rotatable bonds is 6. The predicted molar refractivity (Wildman–Crippen MR) is 81.7 cm³/mol. The summed E-state index contributed by atoms with van der Waals surface area (Å²) in [5.41, 5.74) is 2.55. The van der Waals surface area contributed by atoms with Gasteiger partial charge in [-0.25, -0.2) is 0 Å². The van der Waals surface area contributed by atoms with Crippen molar-refractivity contribution in [2.75, 3.05) is 7.11 Å². The highest BCUT2D eigenvalue weighted by Crippen LogP contribution is 2.44. The third-order valence-electron chi connectivity index (χ3n) is 4.15. The molecule has 1 heterocycles. The van der Waals surface area contributed by atoms with E-state index < -0.39 is 8.32 Å². The minimum absolute atomic E-state index is 0.531. The third kappa shape index (κ3) is 2.83. The van der Waals surface area contributed by atoms with Gasteiger partial charge < -0.3 is 13.6 Å². The summed E-state index contributed by atoms with van der Waals surface area (Å²) in [5.74, 6) is 1.40. The molecule has 0 unspecified atom stereocenters. The molecule has 4 heteroatoms. The van der Waals surface area contributed by atoms with Crippen molar-refractivity contribution in [3.63, 3.8) is 0 Å². The van der Waals surface area contributed by atoms with E-state index in [0.717, 1.165) is 11.3 Å². The number of ether oxygens (including phenoxy) is 1. The van der Waals surface area contributed by atoms with E-state index in [4.69, 9.17) is 13.6 Å². The molecule has 0 amide bonds. The fraction of sp³-hybridized carbons (Fsp3) is 0.733. The molecule has 0 radical (unpaired) electrons. The smallest absolute Gasteiger partial charge is 0.277 e. The highest BCUT2D eigenvalue weighted by molar-refractivity contribution is 6.78. The maximum absolute atomic E-state index is 6.49. The van der Waals surface area contributed by atoms with E-state index in [9.17, 15) is 0 Å². The first kappa shape index (κ1) is 16.2. The normalized spacial score (nSPS) is 12.6. The molecule has 0 atom stereocenters. The van der Waals surface area contributed by atoms with E-state index in [-0.39, 0.29) is 0 Å². The summed E-state index contributed by atoms with van der Waals surface area (Å²) in [6, 6.07) is 0. The zero-order valence-electron chi connectivity index (χ0n) is 13.5. The molecule has 1 rings (SSSR count). The van der Waals surface area contributed by atoms with Gasteiger partial charge in [-0.2, -0.15) is 0 Å². The van der Waals surface area contributed by atoms with Crippen LogP contribution >= 0.6 is 0 Å². The maximum atomic E-state index is 6.49. The standard InChI is InChI=1S/C15H28O3Si/c1-10(2)19(11(3)4,12(5)6)18-15-13(7)14(16-8)9-17-15/h9-12H,1-8H3. The van der Waals surface area contributed by atoms with Crippen molar-refractivity contribution >= 4 is 8.32 Å². The number of methoxy groups -OCH3 is 1. The Hall–Kier alpha value is -0.903. The predicted octanol–water partition coefficient (Wildman–Crippen LogP) is 5.15. The van der Waals surface area contributed by atoms with Crippen LogP contribution in [0.5, 0.6) is 11.7 Å². The SMILES string of the molecule is COc1coc(O[Si](C(C)C)(C(C)C)C(C)C)c1C. The van der Waals surface area contributed by atoms with Gasteiger partial charge in [-0.1, -0.05) is 41.5 Å². The molecule has 19 heavy (non-hydrogen) atoms. The minimum atomic E-state index is -1.95. The second-order valence-corrected chi connectivity index (χ2v) is 11.5. The largest absolute Gasteiger partial charge is 0.518 e. The van der Waals surface area contributed by atoms with Crippen molar-refractivity contribution in [1.29, 1.82) is 0 Å². The van der Waals surface area contributed by atoms with Crippen LogP contribution in [0.1, 0.15) is 47.1 Å². The van der Waals surface area contributed by atoms with E-state index >= 15 is 0 Å². The molecule has 0 aliphatic heterocycles. The molecule has 0 aliphatic rings. The van der Waals surface area contributed by atoms with E-state index in [1.165, 1.54) is 0 Å². The first-order valence-corrected chi connectivity index (χ1v) is 9.22. The van der Waals surface area contributed by atoms with Crippen LogP contribution in [0.3, 0.4) is 0 Å². The summed E-state index contributed by atoms with van der Waals surface area (Å²) in [4.78, 5) is 0. The summed E-state index contributed by atoms with van der Waals surface area (Å²) >= 11 is 0. The molecule has 0 saturated heterocycles. The monoisotopic (exact) mass is 284 g/mol. The van der Waals surface area contributed by atoms with Crippen LogP contribution in [0.2, 0.25) is 16.6 Å². The van der Waals surface area contributed by atoms with Crippen molar-refractivity contribution in [3.05, 3.63) is 11.8 Å². The van der Waals surface area contributed by atoms with Crippen molar-refractivity contribution in [2.24, 2.45) is 0 Å². The van der Waals surface area contributed by atoms with Gasteiger partial charge in [0, 0.05) is 0 Å². The van der Waals surface area contributed by atoms with Gasteiger partial charge in [-0.15, -0.1) is 0 Å². The average Bonchev–Trinajstić information content (AvgIpc) is 2.65. The molecule has 110 valence electrons. The molecular formula is C15H28O3Si. The number of furan rings is 1. The summed E-state index contributed by atoms with van der Waals surface area (Å²) in [5, 5.41) is 0. The quantitative estimate of drug-likeness (QED) is 0.677. The fourth-order valence-corrected chi connectivity index (χ4v) is 8.43. The lowest BCUT2D eigenvalue weighted by Crippen LogP contribution is -2.50. The first-order valence-electron chi connectivity index (χ1n) is 7.08. The van der Waals surface area contributed by atoms with Gasteiger partial charge in [0.1, 0.15) is 6.26 Å². The average molecular weight is 284 g/mol. The second kappa shape index (κ2) is 6.03.